The first kappa shape index (κ1) is 15.6. The number of carbonyl (C=O) groups excluding carboxylic acids is 1. The molecule has 0 atom stereocenters. The second kappa shape index (κ2) is 7.28. The lowest BCUT2D eigenvalue weighted by Crippen LogP contribution is -2.30. The largest absolute Gasteiger partial charge is 0.381 e. The van der Waals surface area contributed by atoms with Gasteiger partial charge in [-0.05, 0) is 37.4 Å². The number of aromatic nitrogens is 4. The number of primary amides is 1. The van der Waals surface area contributed by atoms with Crippen molar-refractivity contribution < 1.29 is 18.0 Å². The summed E-state index contributed by atoms with van der Waals surface area (Å²) >= 11 is 0. The predicted molar refractivity (Wildman–Crippen MR) is 105 cm³/mol. The lowest BCUT2D eigenvalue weighted by molar-refractivity contribution is 0.0695. The number of hydrogen-bond donors (Lipinski definition) is 2. The fraction of sp³-hybridized carbons (Fsp3) is 0.368. The van der Waals surface area contributed by atoms with E-state index in [0.29, 0.717) is 37.2 Å². The number of imidazole rings is 1. The Morgan fingerprint density at radius 2 is 2.17 bits per heavy atom. The van der Waals surface area contributed by atoms with E-state index in [1.807, 2.05) is 0 Å². The molecule has 0 bridgehead atoms. The zero-order valence-electron chi connectivity index (χ0n) is 18.6. The van der Waals surface area contributed by atoms with E-state index < -0.39 is 24.1 Å². The second-order valence-corrected chi connectivity index (χ2v) is 6.82. The summed E-state index contributed by atoms with van der Waals surface area (Å²) in [5, 5.41) is 2.71. The minimum atomic E-state index is -2.67. The summed E-state index contributed by atoms with van der Waals surface area (Å²) in [6.07, 6.45) is 2.73. The summed E-state index contributed by atoms with van der Waals surface area (Å²) in [4.78, 5) is 32.8. The minimum absolute atomic E-state index is 0.0272. The van der Waals surface area contributed by atoms with Gasteiger partial charge in [0.25, 0.3) is 5.91 Å². The second-order valence-electron chi connectivity index (χ2n) is 6.82. The smallest absolute Gasteiger partial charge is 0.330 e. The summed E-state index contributed by atoms with van der Waals surface area (Å²) < 4.78 is 46.0. The van der Waals surface area contributed by atoms with Crippen LogP contribution < -0.4 is 16.7 Å². The molecule has 29 heavy (non-hydrogen) atoms. The molecule has 1 amide bonds. The highest BCUT2D eigenvalue weighted by Crippen LogP contribution is 2.26. The van der Waals surface area contributed by atoms with E-state index in [2.05, 4.69) is 15.3 Å². The molecule has 0 radical (unpaired) electrons. The zero-order valence-corrected chi connectivity index (χ0v) is 15.6. The van der Waals surface area contributed by atoms with Gasteiger partial charge in [0.15, 0.2) is 5.65 Å². The van der Waals surface area contributed by atoms with Gasteiger partial charge in [0.2, 0.25) is 5.95 Å². The molecule has 0 aliphatic carbocycles. The molecule has 2 aromatic heterocycles. The van der Waals surface area contributed by atoms with Gasteiger partial charge < -0.3 is 15.8 Å². The number of aryl methyl sites for hydroxylation is 2. The van der Waals surface area contributed by atoms with E-state index in [1.54, 1.807) is 11.6 Å². The number of benzene rings is 1. The van der Waals surface area contributed by atoms with Crippen LogP contribution in [-0.4, -0.2) is 38.2 Å². The van der Waals surface area contributed by atoms with Crippen LogP contribution in [0, 0.1) is 12.7 Å². The summed E-state index contributed by atoms with van der Waals surface area (Å²) in [6, 6.07) is 1.66. The van der Waals surface area contributed by atoms with Crippen LogP contribution in [-0.2, 0) is 11.8 Å². The molecule has 152 valence electrons. The van der Waals surface area contributed by atoms with Crippen LogP contribution >= 0.6 is 0 Å². The average Bonchev–Trinajstić information content (AvgIpc) is 2.97. The molecule has 10 heteroatoms. The molecule has 3 heterocycles. The van der Waals surface area contributed by atoms with Gasteiger partial charge in [-0.15, -0.1) is 0 Å². The Balaban J connectivity index is 1.81. The Morgan fingerprint density at radius 3 is 2.86 bits per heavy atom. The Morgan fingerprint density at radius 1 is 1.41 bits per heavy atom. The SMILES string of the molecule is [2H]C([2H])([2H])c1cc(C(N)=O)c(F)cc1Nc1ncc2c(n1)n(C1CCOCC1)c(=O)n2C. The van der Waals surface area contributed by atoms with E-state index in [1.165, 1.54) is 10.8 Å². The number of amides is 1. The molecule has 4 rings (SSSR count). The van der Waals surface area contributed by atoms with E-state index in [0.717, 1.165) is 12.1 Å². The lowest BCUT2D eigenvalue weighted by Gasteiger charge is -2.22. The first-order chi connectivity index (χ1) is 15.1. The number of ether oxygens (including phenoxy) is 1. The van der Waals surface area contributed by atoms with Gasteiger partial charge in [-0.2, -0.15) is 4.98 Å². The third-order valence-electron chi connectivity index (χ3n) is 5.01. The van der Waals surface area contributed by atoms with E-state index >= 15 is 0 Å². The molecule has 3 N–H and O–H groups in total. The molecule has 1 aliphatic heterocycles. The Kier molecular flexibility index (Phi) is 3.92. The van der Waals surface area contributed by atoms with Gasteiger partial charge in [-0.1, -0.05) is 0 Å². The van der Waals surface area contributed by atoms with Crippen LogP contribution in [0.15, 0.2) is 23.1 Å². The highest BCUT2D eigenvalue weighted by atomic mass is 19.1. The van der Waals surface area contributed by atoms with E-state index in [4.69, 9.17) is 14.6 Å². The molecule has 9 nitrogen and oxygen atoms in total. The standard InChI is InChI=1S/C19H21FN6O3/c1-10-7-12(16(21)27)13(20)8-14(10)23-18-22-9-15-17(24-18)26(19(28)25(15)2)11-3-5-29-6-4-11/h7-9,11H,3-6H2,1-2H3,(H2,21,27)(H,22,23,24)/i1D3. The maximum atomic E-state index is 14.4. The van der Waals surface area contributed by atoms with Crippen molar-refractivity contribution >= 4 is 28.7 Å². The first-order valence-electron chi connectivity index (χ1n) is 10.5. The third-order valence-corrected chi connectivity index (χ3v) is 5.01. The third kappa shape index (κ3) is 3.35. The van der Waals surface area contributed by atoms with E-state index in [-0.39, 0.29) is 28.9 Å². The van der Waals surface area contributed by atoms with Gasteiger partial charge in [0.1, 0.15) is 11.3 Å². The number of nitrogens with two attached hydrogens (primary N) is 1. The molecule has 1 aliphatic rings. The van der Waals surface area contributed by atoms with Crippen LogP contribution in [0.4, 0.5) is 16.0 Å². The maximum absolute atomic E-state index is 14.4. The monoisotopic (exact) mass is 403 g/mol. The number of carbonyl (C=O) groups is 1. The molecule has 0 unspecified atom stereocenters. The van der Waals surface area contributed by atoms with E-state index in [9.17, 15) is 14.0 Å². The average molecular weight is 403 g/mol. The molecular formula is C19H21FN6O3. The molecular weight excluding hydrogens is 379 g/mol. The topological polar surface area (TPSA) is 117 Å². The molecule has 0 spiro atoms. The summed E-state index contributed by atoms with van der Waals surface area (Å²) in [5.41, 5.74) is 4.78. The van der Waals surface area contributed by atoms with Gasteiger partial charge in [0, 0.05) is 36.1 Å². The lowest BCUT2D eigenvalue weighted by atomic mass is 10.1. The van der Waals surface area contributed by atoms with Gasteiger partial charge in [-0.3, -0.25) is 13.9 Å². The first-order valence-corrected chi connectivity index (χ1v) is 9.00. The number of nitrogens with zero attached hydrogens (tertiary/aromatic N) is 4. The number of rotatable bonds is 4. The van der Waals surface area contributed by atoms with Crippen LogP contribution in [0.2, 0.25) is 0 Å². The van der Waals surface area contributed by atoms with Crippen molar-refractivity contribution in [2.45, 2.75) is 25.7 Å². The fourth-order valence-electron chi connectivity index (χ4n) is 3.45. The van der Waals surface area contributed by atoms with Gasteiger partial charge >= 0.3 is 5.69 Å². The van der Waals surface area contributed by atoms with Gasteiger partial charge in [0.05, 0.1) is 11.8 Å². The van der Waals surface area contributed by atoms with Crippen molar-refractivity contribution in [1.29, 1.82) is 0 Å². The normalized spacial score (nSPS) is 17.0. The van der Waals surface area contributed by atoms with Gasteiger partial charge in [-0.25, -0.2) is 14.2 Å². The highest BCUT2D eigenvalue weighted by Gasteiger charge is 2.23. The molecule has 0 saturated carbocycles. The van der Waals surface area contributed by atoms with Crippen molar-refractivity contribution in [2.75, 3.05) is 18.5 Å². The number of hydrogen-bond acceptors (Lipinski definition) is 6. The molecule has 3 aromatic rings. The van der Waals surface area contributed by atoms with Crippen LogP contribution in [0.1, 0.15) is 38.9 Å². The number of halogens is 1. The van der Waals surface area contributed by atoms with Crippen molar-refractivity contribution in [1.82, 2.24) is 19.1 Å². The van der Waals surface area contributed by atoms with Crippen LogP contribution in [0.3, 0.4) is 0 Å². The number of fused-ring (bicyclic) bond motifs is 1. The zero-order chi connectivity index (χ0) is 23.2. The summed E-state index contributed by atoms with van der Waals surface area (Å²) in [6.45, 7) is -1.62. The fourth-order valence-corrected chi connectivity index (χ4v) is 3.45. The molecule has 1 fully saturated rings. The molecule has 1 aromatic carbocycles. The Labute approximate surface area is 169 Å². The van der Waals surface area contributed by atoms with Crippen molar-refractivity contribution in [2.24, 2.45) is 12.8 Å². The van der Waals surface area contributed by atoms with Crippen molar-refractivity contribution in [3.8, 4) is 0 Å². The molecule has 1 saturated heterocycles. The number of anilines is 2. The Hall–Kier alpha value is -3.27. The van der Waals surface area contributed by atoms with Crippen LogP contribution in [0.25, 0.3) is 11.2 Å². The predicted octanol–water partition coefficient (Wildman–Crippen LogP) is 1.77. The van der Waals surface area contributed by atoms with Crippen LogP contribution in [0.5, 0.6) is 0 Å². The Bertz CT molecular complexity index is 1260. The summed E-state index contributed by atoms with van der Waals surface area (Å²) in [7, 11) is 1.61. The minimum Gasteiger partial charge on any atom is -0.381 e. The summed E-state index contributed by atoms with van der Waals surface area (Å²) in [5.74, 6) is -2.09. The highest BCUT2D eigenvalue weighted by molar-refractivity contribution is 5.94. The maximum Gasteiger partial charge on any atom is 0.330 e. The quantitative estimate of drug-likeness (QED) is 0.686. The number of nitrogens with one attached hydrogen (secondary N) is 1. The van der Waals surface area contributed by atoms with Crippen molar-refractivity contribution in [3.63, 3.8) is 0 Å². The van der Waals surface area contributed by atoms with Crippen molar-refractivity contribution in [3.05, 3.63) is 45.8 Å².